The number of ether oxygens (including phenoxy) is 1. The third kappa shape index (κ3) is 3.21. The molecule has 0 amide bonds. The van der Waals surface area contributed by atoms with Gasteiger partial charge < -0.3 is 15.4 Å². The maximum Gasteiger partial charge on any atom is 0.268 e. The van der Waals surface area contributed by atoms with Crippen molar-refractivity contribution in [2.75, 3.05) is 36.9 Å². The number of nitrogens with two attached hydrogens (primary N) is 1. The number of hydrogen-bond acceptors (Lipinski definition) is 6. The molecule has 0 saturated carbocycles. The number of H-pyrrole nitrogens is 1. The second-order valence-electron chi connectivity index (χ2n) is 7.15. The summed E-state index contributed by atoms with van der Waals surface area (Å²) in [5.41, 5.74) is 6.94. The van der Waals surface area contributed by atoms with Crippen LogP contribution in [0.2, 0.25) is 0 Å². The number of halogens is 2. The quantitative estimate of drug-likeness (QED) is 0.524. The van der Waals surface area contributed by atoms with Crippen molar-refractivity contribution < 1.29 is 13.5 Å². The lowest BCUT2D eigenvalue weighted by Gasteiger charge is -2.28. The van der Waals surface area contributed by atoms with Crippen LogP contribution in [0.4, 0.5) is 20.3 Å². The Hall–Kier alpha value is -3.79. The van der Waals surface area contributed by atoms with Crippen LogP contribution in [0, 0.1) is 11.6 Å². The highest BCUT2D eigenvalue weighted by atomic mass is 19.1. The van der Waals surface area contributed by atoms with Crippen molar-refractivity contribution in [3.05, 3.63) is 64.7 Å². The van der Waals surface area contributed by atoms with Gasteiger partial charge in [0.05, 0.1) is 36.3 Å². The van der Waals surface area contributed by atoms with Gasteiger partial charge in [0, 0.05) is 24.8 Å². The van der Waals surface area contributed by atoms with Crippen molar-refractivity contribution in [3.63, 3.8) is 0 Å². The van der Waals surface area contributed by atoms with Crippen molar-refractivity contribution in [1.82, 2.24) is 19.7 Å². The van der Waals surface area contributed by atoms with E-state index in [1.54, 1.807) is 12.3 Å². The smallest absolute Gasteiger partial charge is 0.268 e. The molecule has 0 unspecified atom stereocenters. The van der Waals surface area contributed by atoms with Gasteiger partial charge >= 0.3 is 0 Å². The minimum absolute atomic E-state index is 0.0409. The Balaban J connectivity index is 1.69. The lowest BCUT2D eigenvalue weighted by molar-refractivity contribution is 0.122. The number of anilines is 2. The minimum atomic E-state index is -0.870. The summed E-state index contributed by atoms with van der Waals surface area (Å²) in [7, 11) is 0. The Labute approximate surface area is 174 Å². The van der Waals surface area contributed by atoms with E-state index in [1.807, 2.05) is 6.07 Å². The summed E-state index contributed by atoms with van der Waals surface area (Å²) in [6.07, 6.45) is 3.06. The van der Waals surface area contributed by atoms with E-state index < -0.39 is 22.9 Å². The summed E-state index contributed by atoms with van der Waals surface area (Å²) in [5.74, 6) is -1.80. The standard InChI is InChI=1S/C21H18F2N6O2/c22-14-2-1-3-15(23)19(14)29-11-13(18-17(21(29)30)20(24)27-26-18)16-5-4-12(10-25-16)28-6-8-31-9-7-28/h1-5,10-11H,6-9H2,(H3,24,26,27). The van der Waals surface area contributed by atoms with Crippen LogP contribution < -0.4 is 16.2 Å². The Morgan fingerprint density at radius 2 is 1.84 bits per heavy atom. The van der Waals surface area contributed by atoms with E-state index in [1.165, 1.54) is 12.3 Å². The molecule has 3 aromatic heterocycles. The average Bonchev–Trinajstić information content (AvgIpc) is 3.18. The summed E-state index contributed by atoms with van der Waals surface area (Å²) in [6, 6.07) is 7.09. The number of fused-ring (bicyclic) bond motifs is 1. The van der Waals surface area contributed by atoms with Crippen molar-refractivity contribution in [1.29, 1.82) is 0 Å². The van der Waals surface area contributed by atoms with Crippen LogP contribution >= 0.6 is 0 Å². The highest BCUT2D eigenvalue weighted by Gasteiger charge is 2.21. The lowest BCUT2D eigenvalue weighted by Crippen LogP contribution is -2.36. The molecule has 1 aliphatic heterocycles. The van der Waals surface area contributed by atoms with Gasteiger partial charge in [-0.25, -0.2) is 8.78 Å². The second-order valence-corrected chi connectivity index (χ2v) is 7.15. The molecule has 1 aromatic carbocycles. The number of pyridine rings is 2. The summed E-state index contributed by atoms with van der Waals surface area (Å²) in [4.78, 5) is 19.7. The molecule has 4 heterocycles. The largest absolute Gasteiger partial charge is 0.382 e. The fourth-order valence-electron chi connectivity index (χ4n) is 3.77. The fourth-order valence-corrected chi connectivity index (χ4v) is 3.77. The third-order valence-electron chi connectivity index (χ3n) is 5.33. The number of morpholine rings is 1. The zero-order valence-corrected chi connectivity index (χ0v) is 16.3. The highest BCUT2D eigenvalue weighted by molar-refractivity contribution is 5.97. The summed E-state index contributed by atoms with van der Waals surface area (Å²) in [6.45, 7) is 2.82. The van der Waals surface area contributed by atoms with E-state index >= 15 is 0 Å². The maximum absolute atomic E-state index is 14.4. The Morgan fingerprint density at radius 3 is 2.52 bits per heavy atom. The van der Waals surface area contributed by atoms with E-state index in [-0.39, 0.29) is 11.2 Å². The molecule has 0 atom stereocenters. The van der Waals surface area contributed by atoms with Crippen LogP contribution in [0.1, 0.15) is 0 Å². The van der Waals surface area contributed by atoms with Crippen molar-refractivity contribution >= 4 is 22.4 Å². The van der Waals surface area contributed by atoms with Crippen molar-refractivity contribution in [2.45, 2.75) is 0 Å². The van der Waals surface area contributed by atoms with Crippen LogP contribution in [-0.4, -0.2) is 46.1 Å². The molecule has 0 spiro atoms. The second kappa shape index (κ2) is 7.47. The van der Waals surface area contributed by atoms with E-state index in [0.717, 1.165) is 35.5 Å². The van der Waals surface area contributed by atoms with Gasteiger partial charge in [-0.15, -0.1) is 0 Å². The van der Waals surface area contributed by atoms with Gasteiger partial charge in [-0.2, -0.15) is 5.10 Å². The molecule has 4 aromatic rings. The van der Waals surface area contributed by atoms with Gasteiger partial charge in [-0.1, -0.05) is 6.07 Å². The molecule has 1 fully saturated rings. The number of rotatable bonds is 3. The van der Waals surface area contributed by atoms with Crippen LogP contribution in [0.3, 0.4) is 0 Å². The van der Waals surface area contributed by atoms with Crippen LogP contribution in [-0.2, 0) is 4.74 Å². The van der Waals surface area contributed by atoms with Gasteiger partial charge in [-0.3, -0.25) is 19.4 Å². The number of nitrogens with zero attached hydrogens (tertiary/aromatic N) is 4. The molecule has 31 heavy (non-hydrogen) atoms. The number of aromatic amines is 1. The first-order chi connectivity index (χ1) is 15.0. The molecule has 0 bridgehead atoms. The highest BCUT2D eigenvalue weighted by Crippen LogP contribution is 2.29. The van der Waals surface area contributed by atoms with Gasteiger partial charge in [0.2, 0.25) is 0 Å². The van der Waals surface area contributed by atoms with Crippen molar-refractivity contribution in [3.8, 4) is 16.9 Å². The molecule has 1 aliphatic rings. The Kier molecular flexibility index (Phi) is 4.63. The molecule has 10 heteroatoms. The van der Waals surface area contributed by atoms with Crippen molar-refractivity contribution in [2.24, 2.45) is 0 Å². The molecular weight excluding hydrogens is 406 g/mol. The van der Waals surface area contributed by atoms with E-state index in [2.05, 4.69) is 20.1 Å². The molecule has 8 nitrogen and oxygen atoms in total. The van der Waals surface area contributed by atoms with Gasteiger partial charge in [-0.05, 0) is 24.3 Å². The third-order valence-corrected chi connectivity index (χ3v) is 5.33. The summed E-state index contributed by atoms with van der Waals surface area (Å²) >= 11 is 0. The molecular formula is C21H18F2N6O2. The van der Waals surface area contributed by atoms with Crippen LogP contribution in [0.25, 0.3) is 27.8 Å². The number of hydrogen-bond donors (Lipinski definition) is 2. The monoisotopic (exact) mass is 424 g/mol. The molecule has 5 rings (SSSR count). The van der Waals surface area contributed by atoms with E-state index in [4.69, 9.17) is 10.5 Å². The number of nitrogens with one attached hydrogen (secondary N) is 1. The number of nitrogen functional groups attached to an aromatic ring is 1. The van der Waals surface area contributed by atoms with Crippen LogP contribution in [0.15, 0.2) is 47.5 Å². The summed E-state index contributed by atoms with van der Waals surface area (Å²) < 4.78 is 35.2. The first-order valence-corrected chi connectivity index (χ1v) is 9.67. The molecule has 0 radical (unpaired) electrons. The van der Waals surface area contributed by atoms with E-state index in [9.17, 15) is 13.6 Å². The van der Waals surface area contributed by atoms with Gasteiger partial charge in [0.15, 0.2) is 5.82 Å². The molecule has 1 saturated heterocycles. The Bertz CT molecular complexity index is 1310. The average molecular weight is 424 g/mol. The normalized spacial score (nSPS) is 14.3. The van der Waals surface area contributed by atoms with Crippen LogP contribution in [0.5, 0.6) is 0 Å². The minimum Gasteiger partial charge on any atom is -0.382 e. The zero-order chi connectivity index (χ0) is 21.5. The summed E-state index contributed by atoms with van der Waals surface area (Å²) in [5, 5.41) is 6.70. The molecule has 0 aliphatic carbocycles. The number of benzene rings is 1. The number of para-hydroxylation sites is 1. The zero-order valence-electron chi connectivity index (χ0n) is 16.3. The van der Waals surface area contributed by atoms with Gasteiger partial charge in [0.25, 0.3) is 5.56 Å². The fraction of sp³-hybridized carbons (Fsp3) is 0.190. The van der Waals surface area contributed by atoms with E-state index in [0.29, 0.717) is 30.0 Å². The maximum atomic E-state index is 14.4. The van der Waals surface area contributed by atoms with Gasteiger partial charge in [0.1, 0.15) is 22.7 Å². The Morgan fingerprint density at radius 1 is 1.10 bits per heavy atom. The molecule has 3 N–H and O–H groups in total. The number of aromatic nitrogens is 4. The predicted molar refractivity (Wildman–Crippen MR) is 112 cm³/mol. The first kappa shape index (κ1) is 19.2. The topological polar surface area (TPSA) is 102 Å². The predicted octanol–water partition coefficient (Wildman–Crippen LogP) is 2.47. The first-order valence-electron chi connectivity index (χ1n) is 9.67. The molecule has 158 valence electrons. The SMILES string of the molecule is Nc1n[nH]c2c(-c3ccc(N4CCOCC4)cn3)cn(-c3c(F)cccc3F)c(=O)c12. The lowest BCUT2D eigenvalue weighted by atomic mass is 10.1.